The highest BCUT2D eigenvalue weighted by Gasteiger charge is 2.37. The molecule has 12 heteroatoms. The molecule has 2 heterocycles. The van der Waals surface area contributed by atoms with Crippen LogP contribution in [0.15, 0.2) is 54.0 Å². The van der Waals surface area contributed by atoms with Crippen LogP contribution in [0.4, 0.5) is 9.80 Å². The molecule has 46 heavy (non-hydrogen) atoms. The first-order valence-electron chi connectivity index (χ1n) is 14.8. The molecule has 2 aliphatic rings. The molecule has 1 aromatic heterocycles. The van der Waals surface area contributed by atoms with Gasteiger partial charge in [-0.2, -0.15) is 0 Å². The quantitative estimate of drug-likeness (QED) is 0.119. The van der Waals surface area contributed by atoms with Crippen LogP contribution in [0.5, 0.6) is 11.5 Å². The van der Waals surface area contributed by atoms with Gasteiger partial charge in [0.05, 0.1) is 24.2 Å². The van der Waals surface area contributed by atoms with E-state index in [1.807, 2.05) is 18.2 Å². The fourth-order valence-corrected chi connectivity index (χ4v) is 7.55. The lowest BCUT2D eigenvalue weighted by Crippen LogP contribution is -2.36. The molecular weight excluding hydrogens is 648 g/mol. The van der Waals surface area contributed by atoms with E-state index in [0.29, 0.717) is 39.1 Å². The number of amides is 3. The summed E-state index contributed by atoms with van der Waals surface area (Å²) in [6.45, 7) is 5.58. The Labute approximate surface area is 280 Å². The number of esters is 1. The summed E-state index contributed by atoms with van der Waals surface area (Å²) in [6, 6.07) is 10.9. The van der Waals surface area contributed by atoms with Crippen LogP contribution in [0.2, 0.25) is 5.02 Å². The highest BCUT2D eigenvalue weighted by atomic mass is 35.5. The van der Waals surface area contributed by atoms with Gasteiger partial charge in [0, 0.05) is 15.5 Å². The van der Waals surface area contributed by atoms with Crippen LogP contribution in [0.3, 0.4) is 0 Å². The SMILES string of the molecule is C=CCc1cc(C=C2SC(=O)N(CC(=O)Nc3sc4c(c3C(=O)OCC)CCCC4)C2=O)cc(OC)c1OCc1ccc(Cl)cc1. The van der Waals surface area contributed by atoms with E-state index < -0.39 is 29.6 Å². The maximum atomic E-state index is 13.3. The zero-order valence-corrected chi connectivity index (χ0v) is 27.9. The first-order valence-corrected chi connectivity index (χ1v) is 16.8. The molecule has 3 aromatic rings. The molecule has 0 atom stereocenters. The summed E-state index contributed by atoms with van der Waals surface area (Å²) in [5, 5.41) is 3.22. The van der Waals surface area contributed by atoms with E-state index in [-0.39, 0.29) is 18.1 Å². The zero-order chi connectivity index (χ0) is 32.8. The molecule has 1 fully saturated rings. The fourth-order valence-electron chi connectivity index (χ4n) is 5.30. The maximum absolute atomic E-state index is 13.3. The number of hydrogen-bond donors (Lipinski definition) is 1. The van der Waals surface area contributed by atoms with Crippen molar-refractivity contribution in [2.75, 3.05) is 25.6 Å². The number of carbonyl (C=O) groups is 4. The summed E-state index contributed by atoms with van der Waals surface area (Å²) in [5.74, 6) is -0.664. The van der Waals surface area contributed by atoms with Gasteiger partial charge >= 0.3 is 5.97 Å². The molecule has 1 N–H and O–H groups in total. The third-order valence-corrected chi connectivity index (χ3v) is 9.78. The predicted octanol–water partition coefficient (Wildman–Crippen LogP) is 7.45. The van der Waals surface area contributed by atoms with Crippen LogP contribution in [0, 0.1) is 0 Å². The Balaban J connectivity index is 1.32. The molecule has 1 aliphatic heterocycles. The maximum Gasteiger partial charge on any atom is 0.341 e. The van der Waals surface area contributed by atoms with E-state index in [9.17, 15) is 19.2 Å². The van der Waals surface area contributed by atoms with Crippen molar-refractivity contribution in [1.82, 2.24) is 4.90 Å². The predicted molar refractivity (Wildman–Crippen MR) is 181 cm³/mol. The number of aryl methyl sites for hydroxylation is 1. The lowest BCUT2D eigenvalue weighted by molar-refractivity contribution is -0.127. The Hall–Kier alpha value is -4.06. The second kappa shape index (κ2) is 15.0. The summed E-state index contributed by atoms with van der Waals surface area (Å²) < 4.78 is 17.0. The van der Waals surface area contributed by atoms with Gasteiger partial charge in [-0.1, -0.05) is 29.8 Å². The van der Waals surface area contributed by atoms with Gasteiger partial charge in [-0.3, -0.25) is 19.3 Å². The van der Waals surface area contributed by atoms with E-state index in [2.05, 4.69) is 11.9 Å². The number of nitrogens with one attached hydrogen (secondary N) is 1. The van der Waals surface area contributed by atoms with Crippen LogP contribution in [0.25, 0.3) is 6.08 Å². The Morgan fingerprint density at radius 3 is 2.61 bits per heavy atom. The molecule has 0 spiro atoms. The third kappa shape index (κ3) is 7.49. The average Bonchev–Trinajstić information content (AvgIpc) is 3.52. The molecule has 1 saturated heterocycles. The summed E-state index contributed by atoms with van der Waals surface area (Å²) in [7, 11) is 1.52. The molecular formula is C34H33ClN2O7S2. The summed E-state index contributed by atoms with van der Waals surface area (Å²) >= 11 is 8.10. The number of thioether (sulfide) groups is 1. The zero-order valence-electron chi connectivity index (χ0n) is 25.5. The van der Waals surface area contributed by atoms with Crippen LogP contribution in [-0.4, -0.2) is 48.2 Å². The van der Waals surface area contributed by atoms with Crippen LogP contribution < -0.4 is 14.8 Å². The molecule has 5 rings (SSSR count). The topological polar surface area (TPSA) is 111 Å². The normalized spacial score (nSPS) is 15.1. The number of rotatable bonds is 12. The summed E-state index contributed by atoms with van der Waals surface area (Å²) in [5.41, 5.74) is 3.60. The van der Waals surface area contributed by atoms with Crippen molar-refractivity contribution in [2.45, 2.75) is 45.6 Å². The van der Waals surface area contributed by atoms with Crippen LogP contribution in [-0.2, 0) is 40.2 Å². The number of carbonyl (C=O) groups excluding carboxylic acids is 4. The number of methoxy groups -OCH3 is 1. The molecule has 0 bridgehead atoms. The highest BCUT2D eigenvalue weighted by Crippen LogP contribution is 2.40. The fraction of sp³-hybridized carbons (Fsp3) is 0.294. The third-order valence-electron chi connectivity index (χ3n) is 7.41. The van der Waals surface area contributed by atoms with Crippen LogP contribution >= 0.6 is 34.7 Å². The van der Waals surface area contributed by atoms with Crippen molar-refractivity contribution in [3.05, 3.63) is 91.7 Å². The number of allylic oxidation sites excluding steroid dienone is 1. The number of thiophene rings is 1. The Kier molecular flexibility index (Phi) is 10.9. The molecule has 0 saturated carbocycles. The van der Waals surface area contributed by atoms with E-state index in [1.165, 1.54) is 18.4 Å². The smallest absolute Gasteiger partial charge is 0.341 e. The Bertz CT molecular complexity index is 1710. The molecule has 2 aromatic carbocycles. The van der Waals surface area contributed by atoms with Gasteiger partial charge in [0.2, 0.25) is 5.91 Å². The summed E-state index contributed by atoms with van der Waals surface area (Å²) in [4.78, 5) is 54.2. The molecule has 240 valence electrons. The van der Waals surface area contributed by atoms with E-state index in [1.54, 1.807) is 37.3 Å². The summed E-state index contributed by atoms with van der Waals surface area (Å²) in [6.07, 6.45) is 7.31. The largest absolute Gasteiger partial charge is 0.493 e. The van der Waals surface area contributed by atoms with Gasteiger partial charge in [0.1, 0.15) is 18.2 Å². The van der Waals surface area contributed by atoms with Crippen molar-refractivity contribution < 1.29 is 33.4 Å². The molecule has 0 unspecified atom stereocenters. The van der Waals surface area contributed by atoms with Crippen molar-refractivity contribution in [3.8, 4) is 11.5 Å². The number of benzene rings is 2. The number of fused-ring (bicyclic) bond motifs is 1. The minimum Gasteiger partial charge on any atom is -0.493 e. The average molecular weight is 681 g/mol. The number of nitrogens with zero attached hydrogens (tertiary/aromatic N) is 1. The monoisotopic (exact) mass is 680 g/mol. The standard InChI is InChI=1S/C34H33ClN2O7S2/c1-4-8-22-15-21(16-25(42-3)30(22)44-19-20-11-13-23(35)14-12-20)17-27-32(39)37(34(41)46-27)18-28(38)36-31-29(33(40)43-5-2)24-9-6-7-10-26(24)45-31/h4,11-17H,1,5-10,18-19H2,2-3H3,(H,36,38). The lowest BCUT2D eigenvalue weighted by atomic mass is 9.95. The van der Waals surface area contributed by atoms with Gasteiger partial charge < -0.3 is 19.5 Å². The number of imide groups is 1. The van der Waals surface area contributed by atoms with E-state index >= 15 is 0 Å². The number of hydrogen-bond acceptors (Lipinski definition) is 9. The number of halogens is 1. The number of ether oxygens (including phenoxy) is 3. The second-order valence-corrected chi connectivity index (χ2v) is 13.1. The first kappa shape index (κ1) is 33.3. The van der Waals surface area contributed by atoms with E-state index in [4.69, 9.17) is 25.8 Å². The number of anilines is 1. The van der Waals surface area contributed by atoms with Crippen molar-refractivity contribution >= 4 is 68.8 Å². The molecule has 3 amide bonds. The Morgan fingerprint density at radius 1 is 1.13 bits per heavy atom. The van der Waals surface area contributed by atoms with Gasteiger partial charge in [0.25, 0.3) is 11.1 Å². The minimum absolute atomic E-state index is 0.165. The highest BCUT2D eigenvalue weighted by molar-refractivity contribution is 8.18. The van der Waals surface area contributed by atoms with Gasteiger partial charge in [-0.25, -0.2) is 4.79 Å². The second-order valence-electron chi connectivity index (χ2n) is 10.6. The van der Waals surface area contributed by atoms with Crippen molar-refractivity contribution in [1.29, 1.82) is 0 Å². The lowest BCUT2D eigenvalue weighted by Gasteiger charge is -2.16. The van der Waals surface area contributed by atoms with Gasteiger partial charge in [-0.15, -0.1) is 17.9 Å². The van der Waals surface area contributed by atoms with Crippen molar-refractivity contribution in [2.24, 2.45) is 0 Å². The molecule has 0 radical (unpaired) electrons. The van der Waals surface area contributed by atoms with Crippen molar-refractivity contribution in [3.63, 3.8) is 0 Å². The van der Waals surface area contributed by atoms with Gasteiger partial charge in [-0.05, 0) is 97.8 Å². The van der Waals surface area contributed by atoms with E-state index in [0.717, 1.165) is 63.9 Å². The minimum atomic E-state index is -0.589. The van der Waals surface area contributed by atoms with Gasteiger partial charge in [0.15, 0.2) is 11.5 Å². The molecule has 9 nitrogen and oxygen atoms in total. The molecule has 1 aliphatic carbocycles. The first-order chi connectivity index (χ1) is 22.2. The Morgan fingerprint density at radius 2 is 1.89 bits per heavy atom. The van der Waals surface area contributed by atoms with Crippen LogP contribution in [0.1, 0.15) is 57.3 Å².